The van der Waals surface area contributed by atoms with Crippen LogP contribution in [-0.4, -0.2) is 57.3 Å². The molecular formula is C14H20N2O3. The highest BCUT2D eigenvalue weighted by atomic mass is 16.5. The van der Waals surface area contributed by atoms with Crippen LogP contribution in [0.1, 0.15) is 10.4 Å². The average molecular weight is 264 g/mol. The normalized spacial score (nSPS) is 18.9. The van der Waals surface area contributed by atoms with Gasteiger partial charge in [-0.3, -0.25) is 4.79 Å². The second-order valence-corrected chi connectivity index (χ2v) is 4.64. The van der Waals surface area contributed by atoms with Gasteiger partial charge in [-0.25, -0.2) is 0 Å². The number of methoxy groups -OCH3 is 1. The van der Waals surface area contributed by atoms with Crippen molar-refractivity contribution in [2.75, 3.05) is 40.5 Å². The molecule has 1 N–H and O–H groups in total. The van der Waals surface area contributed by atoms with E-state index < -0.39 is 0 Å². The standard InChI is InChI=1S/C14H20N2O3/c1-16(9-12-10-19-7-6-15-12)14(17)11-4-3-5-13(8-11)18-2/h3-5,8,12,15H,6-7,9-10H2,1-2H3. The van der Waals surface area contributed by atoms with Gasteiger partial charge in [-0.2, -0.15) is 0 Å². The molecule has 0 aliphatic carbocycles. The zero-order valence-electron chi connectivity index (χ0n) is 11.4. The maximum Gasteiger partial charge on any atom is 0.253 e. The minimum absolute atomic E-state index is 0.00808. The fourth-order valence-electron chi connectivity index (χ4n) is 2.13. The number of carbonyl (C=O) groups is 1. The number of likely N-dealkylation sites (N-methyl/N-ethyl adjacent to an activating group) is 1. The van der Waals surface area contributed by atoms with Gasteiger partial charge in [0.25, 0.3) is 5.91 Å². The van der Waals surface area contributed by atoms with E-state index in [1.54, 1.807) is 31.2 Å². The predicted octanol–water partition coefficient (Wildman–Crippen LogP) is 0.756. The van der Waals surface area contributed by atoms with Crippen molar-refractivity contribution in [2.24, 2.45) is 0 Å². The molecule has 1 aromatic rings. The Morgan fingerprint density at radius 1 is 1.58 bits per heavy atom. The third-order valence-electron chi connectivity index (χ3n) is 3.16. The molecule has 0 saturated carbocycles. The molecule has 0 bridgehead atoms. The number of hydrogen-bond acceptors (Lipinski definition) is 4. The van der Waals surface area contributed by atoms with Gasteiger partial charge in [-0.1, -0.05) is 6.07 Å². The van der Waals surface area contributed by atoms with Crippen LogP contribution >= 0.6 is 0 Å². The van der Waals surface area contributed by atoms with E-state index in [4.69, 9.17) is 9.47 Å². The van der Waals surface area contributed by atoms with Gasteiger partial charge in [0.1, 0.15) is 5.75 Å². The number of carbonyl (C=O) groups excluding carboxylic acids is 1. The highest BCUT2D eigenvalue weighted by Gasteiger charge is 2.19. The van der Waals surface area contributed by atoms with E-state index in [0.29, 0.717) is 24.5 Å². The molecule has 1 fully saturated rings. The maximum absolute atomic E-state index is 12.3. The SMILES string of the molecule is COc1cccc(C(=O)N(C)CC2COCCN2)c1. The Kier molecular flexibility index (Phi) is 4.76. The van der Waals surface area contributed by atoms with Crippen LogP contribution in [0.4, 0.5) is 0 Å². The second kappa shape index (κ2) is 6.54. The number of nitrogens with zero attached hydrogens (tertiary/aromatic N) is 1. The van der Waals surface area contributed by atoms with Gasteiger partial charge in [0.15, 0.2) is 0 Å². The monoisotopic (exact) mass is 264 g/mol. The minimum Gasteiger partial charge on any atom is -0.497 e. The first-order chi connectivity index (χ1) is 9.20. The van der Waals surface area contributed by atoms with Crippen LogP contribution in [0.5, 0.6) is 5.75 Å². The van der Waals surface area contributed by atoms with Crippen LogP contribution < -0.4 is 10.1 Å². The molecule has 5 nitrogen and oxygen atoms in total. The van der Waals surface area contributed by atoms with Crippen LogP contribution in [0.3, 0.4) is 0 Å². The Hall–Kier alpha value is -1.59. The fraction of sp³-hybridized carbons (Fsp3) is 0.500. The molecule has 19 heavy (non-hydrogen) atoms. The summed E-state index contributed by atoms with van der Waals surface area (Å²) < 4.78 is 10.5. The molecule has 1 aliphatic rings. The van der Waals surface area contributed by atoms with Crippen LogP contribution in [0, 0.1) is 0 Å². The molecule has 1 amide bonds. The summed E-state index contributed by atoms with van der Waals surface area (Å²) in [5, 5.41) is 3.34. The summed E-state index contributed by atoms with van der Waals surface area (Å²) in [6.07, 6.45) is 0. The lowest BCUT2D eigenvalue weighted by Gasteiger charge is -2.28. The summed E-state index contributed by atoms with van der Waals surface area (Å²) in [6, 6.07) is 7.40. The lowest BCUT2D eigenvalue weighted by molar-refractivity contribution is 0.0565. The van der Waals surface area contributed by atoms with Gasteiger partial charge in [0, 0.05) is 31.7 Å². The summed E-state index contributed by atoms with van der Waals surface area (Å²) in [4.78, 5) is 14.0. The lowest BCUT2D eigenvalue weighted by atomic mass is 10.1. The van der Waals surface area contributed by atoms with E-state index in [0.717, 1.165) is 13.2 Å². The zero-order chi connectivity index (χ0) is 13.7. The predicted molar refractivity (Wildman–Crippen MR) is 72.6 cm³/mol. The van der Waals surface area contributed by atoms with Gasteiger partial charge < -0.3 is 19.7 Å². The number of amides is 1. The second-order valence-electron chi connectivity index (χ2n) is 4.64. The van der Waals surface area contributed by atoms with Crippen molar-refractivity contribution in [3.8, 4) is 5.75 Å². The fourth-order valence-corrected chi connectivity index (χ4v) is 2.13. The van der Waals surface area contributed by atoms with Crippen molar-refractivity contribution < 1.29 is 14.3 Å². The van der Waals surface area contributed by atoms with Crippen molar-refractivity contribution in [3.05, 3.63) is 29.8 Å². The van der Waals surface area contributed by atoms with Crippen molar-refractivity contribution in [1.82, 2.24) is 10.2 Å². The van der Waals surface area contributed by atoms with Crippen molar-refractivity contribution >= 4 is 5.91 Å². The maximum atomic E-state index is 12.3. The van der Waals surface area contributed by atoms with Gasteiger partial charge in [-0.05, 0) is 18.2 Å². The summed E-state index contributed by atoms with van der Waals surface area (Å²) in [5.41, 5.74) is 0.638. The summed E-state index contributed by atoms with van der Waals surface area (Å²) in [5.74, 6) is 0.685. The van der Waals surface area contributed by atoms with E-state index in [9.17, 15) is 4.79 Å². The molecule has 5 heteroatoms. The van der Waals surface area contributed by atoms with E-state index in [1.165, 1.54) is 0 Å². The molecular weight excluding hydrogens is 244 g/mol. The molecule has 1 unspecified atom stereocenters. The molecule has 0 aromatic heterocycles. The Bertz CT molecular complexity index is 430. The molecule has 0 radical (unpaired) electrons. The van der Waals surface area contributed by atoms with E-state index in [2.05, 4.69) is 5.32 Å². The average Bonchev–Trinajstić information content (AvgIpc) is 2.47. The Morgan fingerprint density at radius 2 is 2.42 bits per heavy atom. The number of ether oxygens (including phenoxy) is 2. The molecule has 0 spiro atoms. The summed E-state index contributed by atoms with van der Waals surface area (Å²) in [7, 11) is 3.40. The third-order valence-corrected chi connectivity index (χ3v) is 3.16. The van der Waals surface area contributed by atoms with Gasteiger partial charge in [0.05, 0.1) is 20.3 Å². The van der Waals surface area contributed by atoms with Crippen LogP contribution in [0.2, 0.25) is 0 Å². The van der Waals surface area contributed by atoms with Gasteiger partial charge in [0.2, 0.25) is 0 Å². The van der Waals surface area contributed by atoms with Crippen molar-refractivity contribution in [3.63, 3.8) is 0 Å². The first-order valence-electron chi connectivity index (χ1n) is 6.41. The highest BCUT2D eigenvalue weighted by molar-refractivity contribution is 5.94. The Morgan fingerprint density at radius 3 is 3.11 bits per heavy atom. The van der Waals surface area contributed by atoms with E-state index in [1.807, 2.05) is 12.1 Å². The first kappa shape index (κ1) is 13.8. The third kappa shape index (κ3) is 3.68. The van der Waals surface area contributed by atoms with Crippen LogP contribution in [0.15, 0.2) is 24.3 Å². The smallest absolute Gasteiger partial charge is 0.253 e. The summed E-state index contributed by atoms with van der Waals surface area (Å²) >= 11 is 0. The van der Waals surface area contributed by atoms with E-state index >= 15 is 0 Å². The van der Waals surface area contributed by atoms with Crippen molar-refractivity contribution in [2.45, 2.75) is 6.04 Å². The molecule has 104 valence electrons. The lowest BCUT2D eigenvalue weighted by Crippen LogP contribution is -2.48. The molecule has 1 saturated heterocycles. The number of morpholine rings is 1. The van der Waals surface area contributed by atoms with Crippen LogP contribution in [-0.2, 0) is 4.74 Å². The van der Waals surface area contributed by atoms with E-state index in [-0.39, 0.29) is 11.9 Å². The quantitative estimate of drug-likeness (QED) is 0.872. The summed E-state index contributed by atoms with van der Waals surface area (Å²) in [6.45, 7) is 2.86. The number of hydrogen-bond donors (Lipinski definition) is 1. The highest BCUT2D eigenvalue weighted by Crippen LogP contribution is 2.14. The number of nitrogens with one attached hydrogen (secondary N) is 1. The number of rotatable bonds is 4. The zero-order valence-corrected chi connectivity index (χ0v) is 11.4. The van der Waals surface area contributed by atoms with Crippen LogP contribution in [0.25, 0.3) is 0 Å². The van der Waals surface area contributed by atoms with Crippen molar-refractivity contribution in [1.29, 1.82) is 0 Å². The molecule has 1 aliphatic heterocycles. The molecule has 1 heterocycles. The molecule has 2 rings (SSSR count). The molecule has 1 atom stereocenters. The molecule has 1 aromatic carbocycles. The number of benzene rings is 1. The van der Waals surface area contributed by atoms with Gasteiger partial charge in [-0.15, -0.1) is 0 Å². The topological polar surface area (TPSA) is 50.8 Å². The first-order valence-corrected chi connectivity index (χ1v) is 6.41. The Balaban J connectivity index is 1.97. The Labute approximate surface area is 113 Å². The minimum atomic E-state index is -0.00808. The largest absolute Gasteiger partial charge is 0.497 e. The van der Waals surface area contributed by atoms with Gasteiger partial charge >= 0.3 is 0 Å².